The summed E-state index contributed by atoms with van der Waals surface area (Å²) in [5, 5.41) is 31.9. The average Bonchev–Trinajstić information content (AvgIpc) is 4.17. The van der Waals surface area contributed by atoms with Crippen LogP contribution in [0, 0.1) is 18.2 Å². The van der Waals surface area contributed by atoms with Crippen LogP contribution in [0.25, 0.3) is 21.3 Å². The van der Waals surface area contributed by atoms with Gasteiger partial charge in [-0.15, -0.1) is 16.4 Å². The van der Waals surface area contributed by atoms with Crippen molar-refractivity contribution >= 4 is 74.7 Å². The second-order valence-electron chi connectivity index (χ2n) is 20.3. The molecule has 0 saturated carbocycles. The fraction of sp³-hybridized carbons (Fsp3) is 0.446. The van der Waals surface area contributed by atoms with Gasteiger partial charge in [0.2, 0.25) is 23.6 Å². The number of likely N-dealkylation sites (tertiary alicyclic amines) is 1. The van der Waals surface area contributed by atoms with Gasteiger partial charge >= 0.3 is 0 Å². The lowest BCUT2D eigenvalue weighted by molar-refractivity contribution is -0.144. The lowest BCUT2D eigenvalue weighted by atomic mass is 9.85. The van der Waals surface area contributed by atoms with Crippen LogP contribution in [0.3, 0.4) is 0 Å². The van der Waals surface area contributed by atoms with Crippen LogP contribution in [0.2, 0.25) is 5.02 Å². The predicted molar refractivity (Wildman–Crippen MR) is 298 cm³/mol. The molecule has 6 aromatic rings. The molecule has 1 aliphatic heterocycles. The van der Waals surface area contributed by atoms with Gasteiger partial charge in [0.25, 0.3) is 0 Å². The van der Waals surface area contributed by atoms with E-state index in [2.05, 4.69) is 65.3 Å². The standard InChI is InChI=1S/C56H70ClFN12O6S/c1-7-68(8-2)24-14-17-49(72)64-46-29-42-45(60-34-61-53(42)63-39-22-23-44(58)43(57)27-39)30-48(46)76-26-13-9-10-15-40-32-69(67-66-40)25-12-11-16-50(73)65-52(56(4,5)6)55(75)70-33-41(71)28-47(70)54(74)59-31-37-18-20-38(21-19-37)51-36(3)62-35-77-51/h14,17-23,27,29-30,32,34-35,41,47,52,71H,7-13,15-16,24-26,28,31,33H2,1-6H3,(H,59,74)(H,64,72)(H,65,73)(H,60,61,63)/b17-14+/t41-,47+,52-/m1/s1. The minimum absolute atomic E-state index is 0.00181. The second kappa shape index (κ2) is 27.4. The number of carbonyl (C=O) groups is 4. The molecular formula is C56H70ClFN12O6S. The number of β-amino-alcohol motifs (C(OH)–C–C–N with tert-alkyl or cyclic N) is 1. The number of ether oxygens (including phenoxy) is 1. The van der Waals surface area contributed by atoms with Gasteiger partial charge in [-0.3, -0.25) is 23.9 Å². The summed E-state index contributed by atoms with van der Waals surface area (Å²) in [6.07, 6.45) is 10.4. The smallest absolute Gasteiger partial charge is 0.248 e. The molecule has 0 spiro atoms. The first-order valence-electron chi connectivity index (χ1n) is 26.3. The minimum atomic E-state index is -0.912. The van der Waals surface area contributed by atoms with E-state index in [1.807, 2.05) is 69.7 Å². The number of nitrogens with one attached hydrogen (secondary N) is 4. The number of aliphatic hydroxyl groups is 1. The van der Waals surface area contributed by atoms with Gasteiger partial charge in [0.05, 0.1) is 50.7 Å². The summed E-state index contributed by atoms with van der Waals surface area (Å²) in [5.74, 6) is -0.995. The van der Waals surface area contributed by atoms with Gasteiger partial charge < -0.3 is 40.9 Å². The topological polar surface area (TPSA) is 222 Å². The normalized spacial score (nSPS) is 15.1. The van der Waals surface area contributed by atoms with Crippen molar-refractivity contribution in [2.45, 2.75) is 124 Å². The Morgan fingerprint density at radius 3 is 2.52 bits per heavy atom. The Labute approximate surface area is 458 Å². The van der Waals surface area contributed by atoms with E-state index in [1.54, 1.807) is 34.2 Å². The summed E-state index contributed by atoms with van der Waals surface area (Å²) in [4.78, 5) is 72.0. The Bertz CT molecular complexity index is 3000. The van der Waals surface area contributed by atoms with Gasteiger partial charge in [0.1, 0.15) is 35.8 Å². The van der Waals surface area contributed by atoms with Crippen LogP contribution < -0.4 is 26.0 Å². The number of halogens is 2. The van der Waals surface area contributed by atoms with Gasteiger partial charge in [-0.1, -0.05) is 81.8 Å². The lowest BCUT2D eigenvalue weighted by Crippen LogP contribution is -2.57. The molecule has 1 saturated heterocycles. The summed E-state index contributed by atoms with van der Waals surface area (Å²) >= 11 is 7.61. The van der Waals surface area contributed by atoms with Gasteiger partial charge in [0, 0.05) is 68.4 Å². The van der Waals surface area contributed by atoms with Crippen molar-refractivity contribution in [2.24, 2.45) is 5.41 Å². The van der Waals surface area contributed by atoms with Crippen LogP contribution >= 0.6 is 22.9 Å². The molecule has 21 heteroatoms. The second-order valence-corrected chi connectivity index (χ2v) is 21.5. The van der Waals surface area contributed by atoms with Crippen molar-refractivity contribution < 1.29 is 33.4 Å². The number of aliphatic hydroxyl groups excluding tert-OH is 1. The molecular weight excluding hydrogens is 1020 g/mol. The number of aromatic nitrogens is 6. The number of likely N-dealkylation sites (N-methyl/N-ethyl adjacent to an activating group) is 1. The lowest BCUT2D eigenvalue weighted by Gasteiger charge is -2.35. The number of nitrogens with zero attached hydrogens (tertiary/aromatic N) is 8. The largest absolute Gasteiger partial charge is 0.491 e. The number of carbonyl (C=O) groups excluding carboxylic acids is 4. The number of hydrogen-bond donors (Lipinski definition) is 5. The van der Waals surface area contributed by atoms with Gasteiger partial charge in [0.15, 0.2) is 0 Å². The highest BCUT2D eigenvalue weighted by Gasteiger charge is 2.44. The molecule has 0 unspecified atom stereocenters. The number of fused-ring (bicyclic) bond motifs is 1. The van der Waals surface area contributed by atoms with Crippen LogP contribution in [0.15, 0.2) is 84.8 Å². The number of unbranched alkanes of at least 4 members (excludes halogenated alkanes) is 3. The van der Waals surface area contributed by atoms with Crippen LogP contribution in [-0.4, -0.2) is 119 Å². The molecule has 1 aliphatic rings. The van der Waals surface area contributed by atoms with E-state index in [4.69, 9.17) is 16.3 Å². The van der Waals surface area contributed by atoms with E-state index in [0.29, 0.717) is 72.8 Å². The maximum absolute atomic E-state index is 14.1. The molecule has 4 heterocycles. The zero-order valence-electron chi connectivity index (χ0n) is 44.7. The van der Waals surface area contributed by atoms with Crippen molar-refractivity contribution in [2.75, 3.05) is 43.4 Å². The fourth-order valence-corrected chi connectivity index (χ4v) is 9.97. The number of aryl methyl sites for hydroxylation is 3. The molecule has 4 amide bonds. The number of rotatable bonds is 26. The molecule has 7 rings (SSSR count). The van der Waals surface area contributed by atoms with Gasteiger partial charge in [-0.2, -0.15) is 0 Å². The molecule has 0 radical (unpaired) electrons. The first-order valence-corrected chi connectivity index (χ1v) is 27.5. The summed E-state index contributed by atoms with van der Waals surface area (Å²) in [7, 11) is 0. The number of anilines is 3. The van der Waals surface area contributed by atoms with E-state index >= 15 is 0 Å². The SMILES string of the molecule is CCN(CC)C/C=C/C(=O)Nc1cc2c(Nc3ccc(F)c(Cl)c3)ncnc2cc1OCCCCCc1cn(CCCCC(=O)N[C@H](C(=O)N2C[C@H](O)C[C@H]2C(=O)NCc2ccc(-c3scnc3C)cc2)C(C)(C)C)nn1. The Hall–Kier alpha value is -6.87. The van der Waals surface area contributed by atoms with Gasteiger partial charge in [-0.25, -0.2) is 19.3 Å². The monoisotopic (exact) mass is 1090 g/mol. The molecule has 1 fully saturated rings. The van der Waals surface area contributed by atoms with Crippen LogP contribution in [0.1, 0.15) is 96.5 Å². The van der Waals surface area contributed by atoms with Gasteiger partial charge in [-0.05, 0) is 99.3 Å². The highest BCUT2D eigenvalue weighted by molar-refractivity contribution is 7.13. The maximum atomic E-state index is 14.1. The third-order valence-corrected chi connectivity index (χ3v) is 14.6. The van der Waals surface area contributed by atoms with Crippen molar-refractivity contribution in [1.82, 2.24) is 50.4 Å². The minimum Gasteiger partial charge on any atom is -0.491 e. The van der Waals surface area contributed by atoms with Crippen LogP contribution in [0.4, 0.5) is 21.6 Å². The van der Waals surface area contributed by atoms with Crippen molar-refractivity contribution in [3.8, 4) is 16.2 Å². The molecule has 3 aromatic carbocycles. The van der Waals surface area contributed by atoms with Crippen LogP contribution in [0.5, 0.6) is 5.75 Å². The zero-order valence-corrected chi connectivity index (χ0v) is 46.2. The summed E-state index contributed by atoms with van der Waals surface area (Å²) in [6, 6.07) is 13.9. The molecule has 77 heavy (non-hydrogen) atoms. The molecule has 3 aromatic heterocycles. The quantitative estimate of drug-likeness (QED) is 0.0254. The third kappa shape index (κ3) is 16.3. The van der Waals surface area contributed by atoms with E-state index in [0.717, 1.165) is 59.7 Å². The molecule has 18 nitrogen and oxygen atoms in total. The number of benzene rings is 3. The molecule has 410 valence electrons. The Morgan fingerprint density at radius 1 is 1.00 bits per heavy atom. The molecule has 3 atom stereocenters. The number of thiazole rings is 1. The highest BCUT2D eigenvalue weighted by Crippen LogP contribution is 2.35. The summed E-state index contributed by atoms with van der Waals surface area (Å²) in [5.41, 5.74) is 6.45. The highest BCUT2D eigenvalue weighted by atomic mass is 35.5. The van der Waals surface area contributed by atoms with E-state index < -0.39 is 35.3 Å². The first-order chi connectivity index (χ1) is 37.0. The summed E-state index contributed by atoms with van der Waals surface area (Å²) < 4.78 is 21.9. The average molecular weight is 1090 g/mol. The van der Waals surface area contributed by atoms with Crippen molar-refractivity contribution in [3.05, 3.63) is 113 Å². The van der Waals surface area contributed by atoms with E-state index in [9.17, 15) is 28.7 Å². The molecule has 5 N–H and O–H groups in total. The Balaban J connectivity index is 0.847. The fourth-order valence-electron chi connectivity index (χ4n) is 8.98. The molecule has 0 aliphatic carbocycles. The first kappa shape index (κ1) is 57.8. The van der Waals surface area contributed by atoms with Crippen molar-refractivity contribution in [1.29, 1.82) is 0 Å². The predicted octanol–water partition coefficient (Wildman–Crippen LogP) is 8.80. The Kier molecular flexibility index (Phi) is 20.6. The number of amides is 4. The molecule has 0 bridgehead atoms. The number of hydrogen-bond acceptors (Lipinski definition) is 14. The zero-order chi connectivity index (χ0) is 55.1. The van der Waals surface area contributed by atoms with Crippen LogP contribution in [-0.2, 0) is 38.7 Å². The van der Waals surface area contributed by atoms with E-state index in [-0.39, 0.29) is 48.7 Å². The van der Waals surface area contributed by atoms with E-state index in [1.165, 1.54) is 29.4 Å². The van der Waals surface area contributed by atoms with Crippen molar-refractivity contribution in [3.63, 3.8) is 0 Å². The maximum Gasteiger partial charge on any atom is 0.248 e. The third-order valence-electron chi connectivity index (χ3n) is 13.4. The Morgan fingerprint density at radius 2 is 1.79 bits per heavy atom. The summed E-state index contributed by atoms with van der Waals surface area (Å²) in [6.45, 7) is 15.3.